The van der Waals surface area contributed by atoms with E-state index in [4.69, 9.17) is 10.2 Å². The van der Waals surface area contributed by atoms with Crippen molar-refractivity contribution in [1.29, 1.82) is 5.41 Å². The lowest BCUT2D eigenvalue weighted by molar-refractivity contribution is -0.142. The van der Waals surface area contributed by atoms with E-state index in [-0.39, 0.29) is 23.3 Å². The maximum absolute atomic E-state index is 13.7. The highest BCUT2D eigenvalue weighted by atomic mass is 19.4. The van der Waals surface area contributed by atoms with Gasteiger partial charge in [-0.3, -0.25) is 15.0 Å². The topological polar surface area (TPSA) is 122 Å². The summed E-state index contributed by atoms with van der Waals surface area (Å²) in [5, 5.41) is 15.5. The Balaban J connectivity index is 0.00000100. The quantitative estimate of drug-likeness (QED) is 0.163. The molecule has 0 unspecified atom stereocenters. The third-order valence-corrected chi connectivity index (χ3v) is 4.04. The number of carbonyl (C=O) groups excluding carboxylic acids is 2. The van der Waals surface area contributed by atoms with Gasteiger partial charge in [0.25, 0.3) is 5.91 Å². The molecule has 2 amide bonds. The molecule has 3 N–H and O–H groups in total. The summed E-state index contributed by atoms with van der Waals surface area (Å²) in [6.45, 7) is 0. The summed E-state index contributed by atoms with van der Waals surface area (Å²) >= 11 is 0. The zero-order valence-electron chi connectivity index (χ0n) is 17.9. The van der Waals surface area contributed by atoms with Crippen LogP contribution in [0.15, 0.2) is 36.5 Å². The van der Waals surface area contributed by atoms with Crippen molar-refractivity contribution in [3.05, 3.63) is 70.9 Å². The number of amides is 2. The molecule has 0 aliphatic rings. The van der Waals surface area contributed by atoms with E-state index in [1.54, 1.807) is 7.05 Å². The second-order valence-corrected chi connectivity index (χ2v) is 6.37. The molecule has 0 bridgehead atoms. The first-order valence-electron chi connectivity index (χ1n) is 9.26. The lowest BCUT2D eigenvalue weighted by Crippen LogP contribution is -2.16. The number of methoxy groups -OCH3 is 1. The average molecular weight is 502 g/mol. The van der Waals surface area contributed by atoms with Gasteiger partial charge in [0.15, 0.2) is 11.6 Å². The Morgan fingerprint density at radius 3 is 2.26 bits per heavy atom. The molecule has 9 nitrogen and oxygen atoms in total. The van der Waals surface area contributed by atoms with Crippen LogP contribution < -0.4 is 10.6 Å². The maximum atomic E-state index is 13.7. The smallest absolute Gasteiger partial charge is 0.433 e. The number of hydrogen-bond donors (Lipinski definition) is 3. The summed E-state index contributed by atoms with van der Waals surface area (Å²) in [4.78, 5) is 24.9. The fraction of sp³-hybridized carbons (Fsp3) is 0.150. The first-order valence-corrected chi connectivity index (χ1v) is 9.26. The summed E-state index contributed by atoms with van der Waals surface area (Å²) in [5.41, 5.74) is -2.54. The monoisotopic (exact) mass is 502 g/mol. The van der Waals surface area contributed by atoms with Crippen molar-refractivity contribution in [2.45, 2.75) is 6.18 Å². The largest absolute Gasteiger partial charge is 0.480 e. The minimum absolute atomic E-state index is 0.167. The van der Waals surface area contributed by atoms with Gasteiger partial charge >= 0.3 is 6.18 Å². The predicted octanol–water partition coefficient (Wildman–Crippen LogP) is 3.29. The van der Waals surface area contributed by atoms with Crippen LogP contribution in [0.2, 0.25) is 0 Å². The van der Waals surface area contributed by atoms with Crippen LogP contribution in [-0.4, -0.2) is 47.1 Å². The van der Waals surface area contributed by atoms with E-state index in [2.05, 4.69) is 25.5 Å². The third-order valence-electron chi connectivity index (χ3n) is 4.04. The Morgan fingerprint density at radius 1 is 1.11 bits per heavy atom. The first kappa shape index (κ1) is 26.8. The van der Waals surface area contributed by atoms with Crippen LogP contribution in [0.4, 0.5) is 32.2 Å². The number of pyridine rings is 1. The van der Waals surface area contributed by atoms with Gasteiger partial charge in [-0.15, -0.1) is 0 Å². The number of hydrogen-bond acceptors (Lipinski definition) is 6. The number of rotatable bonds is 5. The molecule has 15 heteroatoms. The van der Waals surface area contributed by atoms with E-state index in [9.17, 15) is 31.1 Å². The van der Waals surface area contributed by atoms with Crippen molar-refractivity contribution in [3.63, 3.8) is 0 Å². The van der Waals surface area contributed by atoms with Crippen molar-refractivity contribution in [3.8, 4) is 5.69 Å². The Morgan fingerprint density at radius 2 is 1.74 bits per heavy atom. The Bertz CT molecular complexity index is 1230. The Hall–Kier alpha value is -4.43. The Labute approximate surface area is 193 Å². The van der Waals surface area contributed by atoms with E-state index >= 15 is 0 Å². The predicted molar refractivity (Wildman–Crippen MR) is 110 cm³/mol. The molecule has 186 valence electrons. The molecule has 0 radical (unpaired) electrons. The second kappa shape index (κ2) is 11.1. The molecule has 0 spiro atoms. The third kappa shape index (κ3) is 6.55. The molecule has 2 heterocycles. The zero-order valence-corrected chi connectivity index (χ0v) is 17.9. The van der Waals surface area contributed by atoms with Gasteiger partial charge in [-0.25, -0.2) is 22.8 Å². The fourth-order valence-electron chi connectivity index (χ4n) is 2.46. The van der Waals surface area contributed by atoms with Crippen molar-refractivity contribution in [2.24, 2.45) is 0 Å². The van der Waals surface area contributed by atoms with Gasteiger partial charge in [0.05, 0.1) is 24.6 Å². The van der Waals surface area contributed by atoms with Crippen LogP contribution in [-0.2, 0) is 15.7 Å². The molecule has 0 saturated heterocycles. The van der Waals surface area contributed by atoms with Gasteiger partial charge < -0.3 is 15.4 Å². The molecule has 3 aromatic rings. The highest BCUT2D eigenvalue weighted by Gasteiger charge is 2.37. The molecule has 3 rings (SSSR count). The van der Waals surface area contributed by atoms with Gasteiger partial charge in [-0.1, -0.05) is 0 Å². The maximum Gasteiger partial charge on any atom is 0.433 e. The van der Waals surface area contributed by atoms with E-state index < -0.39 is 46.7 Å². The average Bonchev–Trinajstić information content (AvgIpc) is 3.28. The van der Waals surface area contributed by atoms with E-state index in [0.717, 1.165) is 25.4 Å². The molecule has 0 aliphatic heterocycles. The summed E-state index contributed by atoms with van der Waals surface area (Å²) < 4.78 is 84.9. The van der Waals surface area contributed by atoms with Crippen LogP contribution >= 0.6 is 0 Å². The molecule has 0 fully saturated rings. The highest BCUT2D eigenvalue weighted by molar-refractivity contribution is 6.04. The van der Waals surface area contributed by atoms with Crippen LogP contribution in [0.5, 0.6) is 0 Å². The normalized spacial score (nSPS) is 10.6. The number of benzene rings is 1. The zero-order chi connectivity index (χ0) is 26.3. The lowest BCUT2D eigenvalue weighted by atomic mass is 10.2. The number of nitrogens with zero attached hydrogens (tertiary/aromatic N) is 3. The van der Waals surface area contributed by atoms with Gasteiger partial charge in [-0.05, 0) is 18.2 Å². The van der Waals surface area contributed by atoms with Crippen LogP contribution in [0, 0.1) is 22.9 Å². The van der Waals surface area contributed by atoms with Crippen molar-refractivity contribution >= 4 is 24.0 Å². The van der Waals surface area contributed by atoms with E-state index in [0.29, 0.717) is 23.2 Å². The minimum Gasteiger partial charge on any atom is -0.480 e. The first-order chi connectivity index (χ1) is 16.4. The summed E-state index contributed by atoms with van der Waals surface area (Å²) in [5.74, 6) is -6.17. The minimum atomic E-state index is -4.81. The van der Waals surface area contributed by atoms with E-state index in [1.807, 2.05) is 0 Å². The summed E-state index contributed by atoms with van der Waals surface area (Å²) in [7, 11) is 2.66. The molecular weight excluding hydrogens is 486 g/mol. The van der Waals surface area contributed by atoms with Crippen LogP contribution in [0.1, 0.15) is 21.7 Å². The number of halogens is 6. The fourth-order valence-corrected chi connectivity index (χ4v) is 2.46. The number of anilines is 1. The molecule has 35 heavy (non-hydrogen) atoms. The molecule has 0 atom stereocenters. The molecule has 0 aliphatic carbocycles. The molecule has 1 aromatic carbocycles. The standard InChI is InChI=1S/C18H11F6N5O2.C2H5NO/c1-31-16(25)13-6-14(18(22,23)24)29(28-13)8-2-3-15(26-7-8)27-17(30)9-4-11(20)12(21)5-10(9)19;1-3-2-4/h2-7,25H,1H3,(H,26,27,30);2H,1H3,(H,3,4). The highest BCUT2D eigenvalue weighted by Crippen LogP contribution is 2.31. The molecule has 0 saturated carbocycles. The number of nitrogens with one attached hydrogen (secondary N) is 3. The van der Waals surface area contributed by atoms with E-state index in [1.165, 1.54) is 0 Å². The van der Waals surface area contributed by atoms with Crippen molar-refractivity contribution in [2.75, 3.05) is 19.5 Å². The van der Waals surface area contributed by atoms with Gasteiger partial charge in [0.2, 0.25) is 12.3 Å². The van der Waals surface area contributed by atoms with Gasteiger partial charge in [-0.2, -0.15) is 18.3 Å². The number of aromatic nitrogens is 3. The number of alkyl halides is 3. The van der Waals surface area contributed by atoms with Crippen LogP contribution in [0.3, 0.4) is 0 Å². The molecular formula is C20H16F6N6O3. The van der Waals surface area contributed by atoms with Gasteiger partial charge in [0.1, 0.15) is 23.0 Å². The van der Waals surface area contributed by atoms with Crippen LogP contribution in [0.25, 0.3) is 5.69 Å². The summed E-state index contributed by atoms with van der Waals surface area (Å²) in [6.07, 6.45) is -3.25. The second-order valence-electron chi connectivity index (χ2n) is 6.37. The number of ether oxygens (including phenoxy) is 1. The van der Waals surface area contributed by atoms with Gasteiger partial charge in [0, 0.05) is 19.2 Å². The SMILES string of the molecule is CNC=O.COC(=N)c1cc(C(F)(F)F)n(-c2ccc(NC(=O)c3cc(F)c(F)cc3F)nc2)n1. The molecule has 2 aromatic heterocycles. The Kier molecular flexibility index (Phi) is 8.53. The summed E-state index contributed by atoms with van der Waals surface area (Å²) in [6, 6.07) is 3.39. The lowest BCUT2D eigenvalue weighted by Gasteiger charge is -2.11. The van der Waals surface area contributed by atoms with Crippen molar-refractivity contribution < 1.29 is 40.7 Å². The van der Waals surface area contributed by atoms with Crippen molar-refractivity contribution in [1.82, 2.24) is 20.1 Å². The number of carbonyl (C=O) groups is 2.